The molecule has 2 aromatic heterocycles. The number of aromatic nitrogens is 4. The summed E-state index contributed by atoms with van der Waals surface area (Å²) < 4.78 is 1.69. The van der Waals surface area contributed by atoms with Gasteiger partial charge in [0.1, 0.15) is 0 Å². The summed E-state index contributed by atoms with van der Waals surface area (Å²) in [5, 5.41) is 4.20. The average Bonchev–Trinajstić information content (AvgIpc) is 2.68. The summed E-state index contributed by atoms with van der Waals surface area (Å²) in [7, 11) is 0. The molecule has 4 heteroatoms. The van der Waals surface area contributed by atoms with Crippen LogP contribution in [0.5, 0.6) is 0 Å². The molecule has 72 valence electrons. The third-order valence-corrected chi connectivity index (χ3v) is 2.03. The van der Waals surface area contributed by atoms with Gasteiger partial charge in [-0.2, -0.15) is 5.10 Å². The zero-order chi connectivity index (χ0) is 9.97. The van der Waals surface area contributed by atoms with Crippen molar-refractivity contribution in [1.29, 1.82) is 0 Å². The van der Waals surface area contributed by atoms with Gasteiger partial charge in [-0.15, -0.1) is 0 Å². The first kappa shape index (κ1) is 8.87. The number of rotatable bonds is 2. The first-order valence-corrected chi connectivity index (χ1v) is 4.59. The summed E-state index contributed by atoms with van der Waals surface area (Å²) in [4.78, 5) is 8.22. The molecule has 0 aliphatic heterocycles. The fourth-order valence-corrected chi connectivity index (χ4v) is 1.15. The van der Waals surface area contributed by atoms with E-state index in [-0.39, 0.29) is 0 Å². The van der Waals surface area contributed by atoms with Crippen molar-refractivity contribution in [3.05, 3.63) is 36.4 Å². The predicted molar refractivity (Wildman–Crippen MR) is 53.2 cm³/mol. The minimum atomic E-state index is 0.479. The summed E-state index contributed by atoms with van der Waals surface area (Å²) in [5.41, 5.74) is 1.19. The van der Waals surface area contributed by atoms with E-state index in [0.29, 0.717) is 11.9 Å². The van der Waals surface area contributed by atoms with Gasteiger partial charge in [0.15, 0.2) is 0 Å². The van der Waals surface area contributed by atoms with E-state index in [1.54, 1.807) is 23.1 Å². The van der Waals surface area contributed by atoms with Gasteiger partial charge in [0.2, 0.25) is 5.95 Å². The zero-order valence-corrected chi connectivity index (χ0v) is 8.25. The first-order valence-electron chi connectivity index (χ1n) is 4.59. The molecule has 0 bridgehead atoms. The van der Waals surface area contributed by atoms with Gasteiger partial charge in [0.25, 0.3) is 0 Å². The summed E-state index contributed by atoms with van der Waals surface area (Å²) in [6.45, 7) is 4.26. The minimum Gasteiger partial charge on any atom is -0.220 e. The molecule has 0 aliphatic rings. The Morgan fingerprint density at radius 1 is 1.21 bits per heavy atom. The van der Waals surface area contributed by atoms with Crippen LogP contribution in [0.15, 0.2) is 30.9 Å². The number of nitrogens with zero attached hydrogens (tertiary/aromatic N) is 4. The molecule has 2 aromatic rings. The quantitative estimate of drug-likeness (QED) is 0.721. The molecule has 2 heterocycles. The molecule has 0 unspecified atom stereocenters. The lowest BCUT2D eigenvalue weighted by molar-refractivity contribution is 0.804. The Balaban J connectivity index is 2.34. The molecule has 14 heavy (non-hydrogen) atoms. The number of hydrogen-bond acceptors (Lipinski definition) is 3. The Labute approximate surface area is 82.6 Å². The minimum absolute atomic E-state index is 0.479. The molecular weight excluding hydrogens is 176 g/mol. The highest BCUT2D eigenvalue weighted by Gasteiger charge is 2.04. The van der Waals surface area contributed by atoms with Crippen LogP contribution in [0.25, 0.3) is 5.95 Å². The molecule has 0 saturated carbocycles. The molecule has 0 radical (unpaired) electrons. The Morgan fingerprint density at radius 2 is 1.93 bits per heavy atom. The molecule has 0 spiro atoms. The van der Waals surface area contributed by atoms with Gasteiger partial charge in [0.05, 0.1) is 6.20 Å². The van der Waals surface area contributed by atoms with E-state index in [9.17, 15) is 0 Å². The van der Waals surface area contributed by atoms with E-state index >= 15 is 0 Å². The van der Waals surface area contributed by atoms with Crippen LogP contribution in [-0.4, -0.2) is 19.7 Å². The van der Waals surface area contributed by atoms with Gasteiger partial charge in [-0.25, -0.2) is 14.6 Å². The highest BCUT2D eigenvalue weighted by molar-refractivity contribution is 5.16. The van der Waals surface area contributed by atoms with Gasteiger partial charge in [-0.3, -0.25) is 0 Å². The van der Waals surface area contributed by atoms with Crippen LogP contribution >= 0.6 is 0 Å². The van der Waals surface area contributed by atoms with Crippen molar-refractivity contribution in [2.75, 3.05) is 0 Å². The molecule has 0 aliphatic carbocycles. The molecule has 4 nitrogen and oxygen atoms in total. The van der Waals surface area contributed by atoms with Crippen molar-refractivity contribution in [2.45, 2.75) is 19.8 Å². The van der Waals surface area contributed by atoms with Crippen LogP contribution in [0.2, 0.25) is 0 Å². The standard InChI is InChI=1S/C10H12N4/c1-8(2)9-6-13-14(7-9)10-11-4-3-5-12-10/h3-8H,1-2H3. The monoisotopic (exact) mass is 188 g/mol. The van der Waals surface area contributed by atoms with Crippen molar-refractivity contribution in [1.82, 2.24) is 19.7 Å². The SMILES string of the molecule is CC(C)c1cnn(-c2ncccn2)c1. The number of hydrogen-bond donors (Lipinski definition) is 0. The van der Waals surface area contributed by atoms with E-state index in [1.165, 1.54) is 5.56 Å². The molecule has 0 atom stereocenters. The molecule has 0 saturated heterocycles. The maximum Gasteiger partial charge on any atom is 0.250 e. The maximum atomic E-state index is 4.20. The summed E-state index contributed by atoms with van der Waals surface area (Å²) in [6, 6.07) is 1.79. The van der Waals surface area contributed by atoms with Crippen LogP contribution in [0, 0.1) is 0 Å². The van der Waals surface area contributed by atoms with Gasteiger partial charge in [0, 0.05) is 18.6 Å². The van der Waals surface area contributed by atoms with Gasteiger partial charge in [-0.1, -0.05) is 13.8 Å². The fourth-order valence-electron chi connectivity index (χ4n) is 1.15. The van der Waals surface area contributed by atoms with Gasteiger partial charge in [-0.05, 0) is 17.5 Å². The van der Waals surface area contributed by atoms with Crippen molar-refractivity contribution in [3.63, 3.8) is 0 Å². The second kappa shape index (κ2) is 3.57. The normalized spacial score (nSPS) is 10.8. The molecule has 0 fully saturated rings. The lowest BCUT2D eigenvalue weighted by Crippen LogP contribution is -1.99. The molecule has 0 N–H and O–H groups in total. The van der Waals surface area contributed by atoms with Crippen LogP contribution in [0.1, 0.15) is 25.3 Å². The van der Waals surface area contributed by atoms with Crippen molar-refractivity contribution in [2.24, 2.45) is 0 Å². The van der Waals surface area contributed by atoms with Crippen molar-refractivity contribution < 1.29 is 0 Å². The van der Waals surface area contributed by atoms with Crippen LogP contribution in [0.3, 0.4) is 0 Å². The third kappa shape index (κ3) is 1.64. The Bertz CT molecular complexity index is 405. The summed E-state index contributed by atoms with van der Waals surface area (Å²) in [5.74, 6) is 1.09. The molecular formula is C10H12N4. The van der Waals surface area contributed by atoms with Crippen LogP contribution in [-0.2, 0) is 0 Å². The highest BCUT2D eigenvalue weighted by atomic mass is 15.3. The predicted octanol–water partition coefficient (Wildman–Crippen LogP) is 1.79. The fraction of sp³-hybridized carbons (Fsp3) is 0.300. The summed E-state index contributed by atoms with van der Waals surface area (Å²) >= 11 is 0. The van der Waals surface area contributed by atoms with E-state index < -0.39 is 0 Å². The Morgan fingerprint density at radius 3 is 2.50 bits per heavy atom. The maximum absolute atomic E-state index is 4.20. The zero-order valence-electron chi connectivity index (χ0n) is 8.25. The van der Waals surface area contributed by atoms with Crippen LogP contribution in [0.4, 0.5) is 0 Å². The highest BCUT2D eigenvalue weighted by Crippen LogP contribution is 2.13. The van der Waals surface area contributed by atoms with E-state index in [1.807, 2.05) is 12.4 Å². The van der Waals surface area contributed by atoms with Crippen molar-refractivity contribution in [3.8, 4) is 5.95 Å². The Hall–Kier alpha value is -1.71. The van der Waals surface area contributed by atoms with E-state index in [2.05, 4.69) is 28.9 Å². The first-order chi connectivity index (χ1) is 6.77. The molecule has 0 aromatic carbocycles. The second-order valence-electron chi connectivity index (χ2n) is 3.42. The molecule has 2 rings (SSSR count). The average molecular weight is 188 g/mol. The Kier molecular flexibility index (Phi) is 2.26. The summed E-state index contributed by atoms with van der Waals surface area (Å²) in [6.07, 6.45) is 7.22. The molecule has 0 amide bonds. The van der Waals surface area contributed by atoms with E-state index in [4.69, 9.17) is 0 Å². The smallest absolute Gasteiger partial charge is 0.220 e. The van der Waals surface area contributed by atoms with Gasteiger partial charge < -0.3 is 0 Å². The van der Waals surface area contributed by atoms with Crippen LogP contribution < -0.4 is 0 Å². The van der Waals surface area contributed by atoms with E-state index in [0.717, 1.165) is 0 Å². The topological polar surface area (TPSA) is 43.6 Å². The largest absolute Gasteiger partial charge is 0.250 e. The second-order valence-corrected chi connectivity index (χ2v) is 3.42. The third-order valence-electron chi connectivity index (χ3n) is 2.03. The lowest BCUT2D eigenvalue weighted by Gasteiger charge is -1.98. The van der Waals surface area contributed by atoms with Crippen molar-refractivity contribution >= 4 is 0 Å². The van der Waals surface area contributed by atoms with Gasteiger partial charge >= 0.3 is 0 Å². The lowest BCUT2D eigenvalue weighted by atomic mass is 10.1.